The number of phenols is 1. The van der Waals surface area contributed by atoms with Crippen LogP contribution in [0.5, 0.6) is 5.75 Å². The van der Waals surface area contributed by atoms with E-state index in [1.54, 1.807) is 37.2 Å². The number of rotatable bonds is 3. The van der Waals surface area contributed by atoms with Gasteiger partial charge in [-0.15, -0.1) is 0 Å². The summed E-state index contributed by atoms with van der Waals surface area (Å²) in [5.41, 5.74) is 2.45. The second-order valence-corrected chi connectivity index (χ2v) is 5.65. The summed E-state index contributed by atoms with van der Waals surface area (Å²) < 4.78 is 0.600. The minimum atomic E-state index is -0.270. The number of nitrogens with zero attached hydrogens (tertiary/aromatic N) is 2. The van der Waals surface area contributed by atoms with Gasteiger partial charge in [0.15, 0.2) is 0 Å². The summed E-state index contributed by atoms with van der Waals surface area (Å²) >= 11 is 3.25. The van der Waals surface area contributed by atoms with Crippen molar-refractivity contribution in [3.8, 4) is 11.8 Å². The van der Waals surface area contributed by atoms with Crippen molar-refractivity contribution in [2.45, 2.75) is 6.42 Å². The predicted molar refractivity (Wildman–Crippen MR) is 79.9 cm³/mol. The van der Waals surface area contributed by atoms with E-state index in [-0.39, 0.29) is 17.1 Å². The molecule has 5 heteroatoms. The molecule has 0 radical (unpaired) electrons. The molecular weight excluding hydrogens is 320 g/mol. The molecule has 0 aromatic heterocycles. The molecule has 0 bridgehead atoms. The molecule has 0 atom stereocenters. The molecule has 1 aromatic carbocycles. The van der Waals surface area contributed by atoms with Gasteiger partial charge in [-0.2, -0.15) is 5.26 Å². The summed E-state index contributed by atoms with van der Waals surface area (Å²) in [4.78, 5) is 14.0. The van der Waals surface area contributed by atoms with Crippen molar-refractivity contribution >= 4 is 27.8 Å². The van der Waals surface area contributed by atoms with Crippen molar-refractivity contribution in [2.24, 2.45) is 0 Å². The highest BCUT2D eigenvalue weighted by molar-refractivity contribution is 9.10. The Kier molecular flexibility index (Phi) is 3.96. The van der Waals surface area contributed by atoms with Crippen molar-refractivity contribution in [3.05, 3.63) is 45.1 Å². The van der Waals surface area contributed by atoms with Gasteiger partial charge in [0.25, 0.3) is 0 Å². The second-order valence-electron chi connectivity index (χ2n) is 4.80. The first-order valence-electron chi connectivity index (χ1n) is 5.97. The molecule has 4 nitrogen and oxygen atoms in total. The fourth-order valence-electron chi connectivity index (χ4n) is 2.07. The standard InChI is InChI=1S/C15H13BrN2O2/c1-18(2)8-12(7-17)15(20)11-3-9-5-13(16)14(19)6-10(9)4-11/h4-6,8,19H,3H2,1-2H3/b12-8+. The van der Waals surface area contributed by atoms with E-state index in [1.165, 1.54) is 6.20 Å². The summed E-state index contributed by atoms with van der Waals surface area (Å²) in [6.07, 6.45) is 3.71. The van der Waals surface area contributed by atoms with Crippen LogP contribution >= 0.6 is 15.9 Å². The second kappa shape index (κ2) is 5.51. The van der Waals surface area contributed by atoms with Crippen molar-refractivity contribution in [1.82, 2.24) is 4.90 Å². The summed E-state index contributed by atoms with van der Waals surface area (Å²) in [5, 5.41) is 18.7. The van der Waals surface area contributed by atoms with Crippen molar-refractivity contribution < 1.29 is 9.90 Å². The molecule has 0 heterocycles. The third-order valence-corrected chi connectivity index (χ3v) is 3.60. The highest BCUT2D eigenvalue weighted by Gasteiger charge is 2.22. The van der Waals surface area contributed by atoms with Crippen LogP contribution in [-0.4, -0.2) is 29.9 Å². The minimum Gasteiger partial charge on any atom is -0.507 e. The number of ketones is 1. The lowest BCUT2D eigenvalue weighted by Gasteiger charge is -2.06. The zero-order valence-corrected chi connectivity index (χ0v) is 12.7. The highest BCUT2D eigenvalue weighted by atomic mass is 79.9. The van der Waals surface area contributed by atoms with Crippen LogP contribution in [0, 0.1) is 11.3 Å². The number of nitriles is 1. The quantitative estimate of drug-likeness (QED) is 0.682. The fourth-order valence-corrected chi connectivity index (χ4v) is 2.46. The van der Waals surface area contributed by atoms with Crippen LogP contribution in [0.25, 0.3) is 6.08 Å². The Hall–Kier alpha value is -2.06. The van der Waals surface area contributed by atoms with Crippen LogP contribution in [0.2, 0.25) is 0 Å². The van der Waals surface area contributed by atoms with Crippen LogP contribution in [0.1, 0.15) is 11.1 Å². The Labute approximate surface area is 125 Å². The number of hydrogen-bond acceptors (Lipinski definition) is 4. The van der Waals surface area contributed by atoms with Gasteiger partial charge in [-0.05, 0) is 45.3 Å². The van der Waals surface area contributed by atoms with E-state index in [4.69, 9.17) is 5.26 Å². The number of fused-ring (bicyclic) bond motifs is 1. The van der Waals surface area contributed by atoms with E-state index in [0.717, 1.165) is 11.1 Å². The van der Waals surface area contributed by atoms with Gasteiger partial charge in [0.1, 0.15) is 17.4 Å². The van der Waals surface area contributed by atoms with Gasteiger partial charge >= 0.3 is 0 Å². The number of halogens is 1. The third kappa shape index (κ3) is 2.75. The lowest BCUT2D eigenvalue weighted by Crippen LogP contribution is -2.10. The van der Waals surface area contributed by atoms with Crippen LogP contribution < -0.4 is 0 Å². The lowest BCUT2D eigenvalue weighted by atomic mass is 10.0. The van der Waals surface area contributed by atoms with Crippen LogP contribution in [-0.2, 0) is 11.2 Å². The van der Waals surface area contributed by atoms with Crippen molar-refractivity contribution in [2.75, 3.05) is 14.1 Å². The molecule has 0 unspecified atom stereocenters. The molecule has 0 spiro atoms. The average Bonchev–Trinajstić information content (AvgIpc) is 2.78. The number of benzene rings is 1. The van der Waals surface area contributed by atoms with Crippen LogP contribution in [0.4, 0.5) is 0 Å². The molecule has 20 heavy (non-hydrogen) atoms. The van der Waals surface area contributed by atoms with E-state index < -0.39 is 0 Å². The topological polar surface area (TPSA) is 64.3 Å². The molecule has 102 valence electrons. The molecule has 1 aromatic rings. The number of hydrogen-bond donors (Lipinski definition) is 1. The first-order chi connectivity index (χ1) is 9.42. The number of allylic oxidation sites excluding steroid dienone is 2. The molecule has 0 saturated carbocycles. The van der Waals surface area contributed by atoms with E-state index in [1.807, 2.05) is 6.07 Å². The molecular formula is C15H13BrN2O2. The SMILES string of the molecule is CN(C)/C=C(\C#N)C(=O)C1=Cc2cc(O)c(Br)cc2C1. The van der Waals surface area contributed by atoms with Gasteiger partial charge in [-0.25, -0.2) is 0 Å². The largest absolute Gasteiger partial charge is 0.507 e. The van der Waals surface area contributed by atoms with Gasteiger partial charge in [-0.3, -0.25) is 4.79 Å². The highest BCUT2D eigenvalue weighted by Crippen LogP contribution is 2.34. The number of aromatic hydroxyl groups is 1. The summed E-state index contributed by atoms with van der Waals surface area (Å²) in [7, 11) is 3.52. The number of carbonyl (C=O) groups excluding carboxylic acids is 1. The first-order valence-corrected chi connectivity index (χ1v) is 6.76. The maximum atomic E-state index is 12.3. The normalized spacial score (nSPS) is 13.5. The lowest BCUT2D eigenvalue weighted by molar-refractivity contribution is -0.111. The van der Waals surface area contributed by atoms with Gasteiger partial charge in [-0.1, -0.05) is 0 Å². The minimum absolute atomic E-state index is 0.109. The van der Waals surface area contributed by atoms with Crippen molar-refractivity contribution in [1.29, 1.82) is 5.26 Å². The van der Waals surface area contributed by atoms with Crippen LogP contribution in [0.15, 0.2) is 34.0 Å². The number of Topliss-reactive ketones (excluding diaryl/α,β-unsaturated/α-hetero) is 1. The Balaban J connectivity index is 2.32. The third-order valence-electron chi connectivity index (χ3n) is 2.96. The van der Waals surface area contributed by atoms with Gasteiger partial charge in [0.2, 0.25) is 5.78 Å². The Morgan fingerprint density at radius 2 is 2.20 bits per heavy atom. The maximum Gasteiger partial charge on any atom is 0.201 e. The summed E-state index contributed by atoms with van der Waals surface area (Å²) in [5.74, 6) is -0.133. The number of carbonyl (C=O) groups is 1. The van der Waals surface area contributed by atoms with Gasteiger partial charge in [0.05, 0.1) is 4.47 Å². The molecule has 0 amide bonds. The Morgan fingerprint density at radius 3 is 2.80 bits per heavy atom. The first kappa shape index (κ1) is 14.4. The molecule has 0 saturated heterocycles. The fraction of sp³-hybridized carbons (Fsp3) is 0.200. The van der Waals surface area contributed by atoms with E-state index in [9.17, 15) is 9.90 Å². The van der Waals surface area contributed by atoms with E-state index in [0.29, 0.717) is 16.5 Å². The Morgan fingerprint density at radius 1 is 1.50 bits per heavy atom. The number of phenolic OH excluding ortho intramolecular Hbond substituents is 1. The maximum absolute atomic E-state index is 12.3. The van der Waals surface area contributed by atoms with E-state index >= 15 is 0 Å². The van der Waals surface area contributed by atoms with E-state index in [2.05, 4.69) is 15.9 Å². The molecule has 1 aliphatic carbocycles. The summed E-state index contributed by atoms with van der Waals surface area (Å²) in [6, 6.07) is 5.34. The molecule has 1 aliphatic rings. The zero-order chi connectivity index (χ0) is 14.9. The van der Waals surface area contributed by atoms with Gasteiger partial charge < -0.3 is 10.0 Å². The molecule has 1 N–H and O–H groups in total. The van der Waals surface area contributed by atoms with Crippen LogP contribution in [0.3, 0.4) is 0 Å². The zero-order valence-electron chi connectivity index (χ0n) is 11.1. The summed E-state index contributed by atoms with van der Waals surface area (Å²) in [6.45, 7) is 0. The van der Waals surface area contributed by atoms with Crippen molar-refractivity contribution in [3.63, 3.8) is 0 Å². The monoisotopic (exact) mass is 332 g/mol. The molecule has 0 fully saturated rings. The Bertz CT molecular complexity index is 682. The smallest absolute Gasteiger partial charge is 0.201 e. The predicted octanol–water partition coefficient (Wildman–Crippen LogP) is 2.63. The average molecular weight is 333 g/mol. The molecule has 2 rings (SSSR count). The van der Waals surface area contributed by atoms with Gasteiger partial charge in [0, 0.05) is 32.3 Å². The molecule has 0 aliphatic heterocycles.